The average molecular weight is 250 g/mol. The highest BCUT2D eigenvalue weighted by Gasteiger charge is 2.13. The van der Waals surface area contributed by atoms with Gasteiger partial charge >= 0.3 is 0 Å². The number of rotatable bonds is 6. The number of hydrogen-bond acceptors (Lipinski definition) is 5. The minimum absolute atomic E-state index is 0.243. The fraction of sp³-hybridized carbons (Fsp3) is 0.692. The molecule has 1 saturated carbocycles. The second-order valence-electron chi connectivity index (χ2n) is 4.87. The van der Waals surface area contributed by atoms with E-state index < -0.39 is 0 Å². The molecule has 0 aromatic carbocycles. The lowest BCUT2D eigenvalue weighted by molar-refractivity contribution is 0.398. The first kappa shape index (κ1) is 12.9. The molecule has 5 heteroatoms. The molecule has 0 spiro atoms. The van der Waals surface area contributed by atoms with Crippen LogP contribution in [0.5, 0.6) is 5.88 Å². The fourth-order valence-electron chi connectivity index (χ4n) is 2.54. The molecule has 0 atom stereocenters. The summed E-state index contributed by atoms with van der Waals surface area (Å²) in [4.78, 5) is 8.07. The fourth-order valence-corrected chi connectivity index (χ4v) is 2.54. The van der Waals surface area contributed by atoms with Crippen LogP contribution in [0.1, 0.15) is 38.5 Å². The van der Waals surface area contributed by atoms with Gasteiger partial charge in [0.25, 0.3) is 0 Å². The number of nitrogens with zero attached hydrogens (tertiary/aromatic N) is 2. The van der Waals surface area contributed by atoms with E-state index in [1.807, 2.05) is 0 Å². The third-order valence-corrected chi connectivity index (χ3v) is 3.50. The summed E-state index contributed by atoms with van der Waals surface area (Å²) in [5.74, 6) is 2.43. The normalized spacial score (nSPS) is 15.8. The highest BCUT2D eigenvalue weighted by molar-refractivity contribution is 5.42. The monoisotopic (exact) mass is 250 g/mol. The number of nitrogens with two attached hydrogens (primary N) is 1. The molecular formula is C13H22N4O. The van der Waals surface area contributed by atoms with Crippen LogP contribution in [0.2, 0.25) is 0 Å². The van der Waals surface area contributed by atoms with E-state index in [-0.39, 0.29) is 5.95 Å². The third-order valence-electron chi connectivity index (χ3n) is 3.50. The molecule has 1 aromatic heterocycles. The van der Waals surface area contributed by atoms with E-state index in [0.29, 0.717) is 5.88 Å². The van der Waals surface area contributed by atoms with Crippen molar-refractivity contribution >= 4 is 11.8 Å². The second kappa shape index (κ2) is 6.42. The van der Waals surface area contributed by atoms with Gasteiger partial charge in [-0.2, -0.15) is 9.97 Å². The zero-order valence-corrected chi connectivity index (χ0v) is 11.0. The van der Waals surface area contributed by atoms with Crippen LogP contribution in [0.25, 0.3) is 0 Å². The highest BCUT2D eigenvalue weighted by Crippen LogP contribution is 2.28. The maximum atomic E-state index is 5.60. The smallest absolute Gasteiger partial charge is 0.225 e. The maximum absolute atomic E-state index is 5.60. The first-order chi connectivity index (χ1) is 8.78. The minimum Gasteiger partial charge on any atom is -0.481 e. The number of methoxy groups -OCH3 is 1. The Kier molecular flexibility index (Phi) is 4.61. The number of nitrogens with one attached hydrogen (secondary N) is 1. The largest absolute Gasteiger partial charge is 0.481 e. The Hall–Kier alpha value is -1.52. The van der Waals surface area contributed by atoms with E-state index in [4.69, 9.17) is 10.5 Å². The van der Waals surface area contributed by atoms with Crippen molar-refractivity contribution in [3.05, 3.63) is 6.07 Å². The number of nitrogen functional groups attached to an aromatic ring is 1. The quantitative estimate of drug-likeness (QED) is 0.759. The number of aromatic nitrogens is 2. The predicted octanol–water partition coefficient (Wildman–Crippen LogP) is 2.45. The molecule has 1 heterocycles. The summed E-state index contributed by atoms with van der Waals surface area (Å²) in [6.45, 7) is 0.927. The molecule has 3 N–H and O–H groups in total. The zero-order valence-electron chi connectivity index (χ0n) is 11.0. The Bertz CT molecular complexity index is 377. The van der Waals surface area contributed by atoms with Crippen LogP contribution in [0.15, 0.2) is 6.07 Å². The molecule has 0 bridgehead atoms. The first-order valence-electron chi connectivity index (χ1n) is 6.70. The van der Waals surface area contributed by atoms with Crippen molar-refractivity contribution in [2.75, 3.05) is 24.7 Å². The van der Waals surface area contributed by atoms with Crippen LogP contribution in [-0.4, -0.2) is 23.6 Å². The van der Waals surface area contributed by atoms with Gasteiger partial charge in [-0.3, -0.25) is 0 Å². The summed E-state index contributed by atoms with van der Waals surface area (Å²) in [5, 5.41) is 3.27. The summed E-state index contributed by atoms with van der Waals surface area (Å²) in [7, 11) is 1.58. The van der Waals surface area contributed by atoms with E-state index in [1.165, 1.54) is 38.5 Å². The van der Waals surface area contributed by atoms with Crippen molar-refractivity contribution in [1.29, 1.82) is 0 Å². The van der Waals surface area contributed by atoms with E-state index in [2.05, 4.69) is 15.3 Å². The van der Waals surface area contributed by atoms with E-state index in [0.717, 1.165) is 18.3 Å². The highest BCUT2D eigenvalue weighted by atomic mass is 16.5. The predicted molar refractivity (Wildman–Crippen MR) is 72.7 cm³/mol. The van der Waals surface area contributed by atoms with Crippen molar-refractivity contribution in [2.45, 2.75) is 38.5 Å². The lowest BCUT2D eigenvalue weighted by Gasteiger charge is -2.10. The van der Waals surface area contributed by atoms with Gasteiger partial charge in [0, 0.05) is 12.6 Å². The molecule has 1 aliphatic carbocycles. The summed E-state index contributed by atoms with van der Waals surface area (Å²) >= 11 is 0. The van der Waals surface area contributed by atoms with Crippen LogP contribution >= 0.6 is 0 Å². The Morgan fingerprint density at radius 3 is 2.89 bits per heavy atom. The van der Waals surface area contributed by atoms with Gasteiger partial charge in [-0.05, 0) is 18.8 Å². The van der Waals surface area contributed by atoms with Crippen molar-refractivity contribution in [1.82, 2.24) is 9.97 Å². The molecule has 18 heavy (non-hydrogen) atoms. The molecule has 0 aliphatic heterocycles. The van der Waals surface area contributed by atoms with Crippen LogP contribution in [-0.2, 0) is 0 Å². The molecular weight excluding hydrogens is 228 g/mol. The Labute approximate surface area is 108 Å². The van der Waals surface area contributed by atoms with Crippen LogP contribution in [0.3, 0.4) is 0 Å². The topological polar surface area (TPSA) is 73.1 Å². The summed E-state index contributed by atoms with van der Waals surface area (Å²) < 4.78 is 5.05. The lowest BCUT2D eigenvalue weighted by Crippen LogP contribution is -2.07. The Morgan fingerprint density at radius 2 is 2.17 bits per heavy atom. The number of ether oxygens (including phenoxy) is 1. The van der Waals surface area contributed by atoms with Crippen LogP contribution in [0.4, 0.5) is 11.8 Å². The van der Waals surface area contributed by atoms with Crippen molar-refractivity contribution in [3.8, 4) is 5.88 Å². The van der Waals surface area contributed by atoms with Gasteiger partial charge in [-0.15, -0.1) is 0 Å². The van der Waals surface area contributed by atoms with Crippen molar-refractivity contribution in [3.63, 3.8) is 0 Å². The SMILES string of the molecule is COc1cc(NCCCC2CCCC2)nc(N)n1. The number of anilines is 2. The van der Waals surface area contributed by atoms with Gasteiger partial charge in [0.2, 0.25) is 11.8 Å². The minimum atomic E-state index is 0.243. The number of hydrogen-bond donors (Lipinski definition) is 2. The summed E-state index contributed by atoms with van der Waals surface area (Å²) in [6.07, 6.45) is 8.14. The molecule has 0 unspecified atom stereocenters. The molecule has 1 aromatic rings. The van der Waals surface area contributed by atoms with Crippen molar-refractivity contribution in [2.24, 2.45) is 5.92 Å². The molecule has 2 rings (SSSR count). The van der Waals surface area contributed by atoms with Crippen LogP contribution < -0.4 is 15.8 Å². The van der Waals surface area contributed by atoms with Gasteiger partial charge in [-0.1, -0.05) is 25.7 Å². The van der Waals surface area contributed by atoms with E-state index in [9.17, 15) is 0 Å². The Balaban J connectivity index is 1.73. The Morgan fingerprint density at radius 1 is 1.39 bits per heavy atom. The maximum Gasteiger partial charge on any atom is 0.225 e. The molecule has 100 valence electrons. The molecule has 0 amide bonds. The molecule has 1 fully saturated rings. The van der Waals surface area contributed by atoms with Crippen molar-refractivity contribution < 1.29 is 4.74 Å². The van der Waals surface area contributed by atoms with Gasteiger partial charge < -0.3 is 15.8 Å². The molecule has 0 saturated heterocycles. The molecule has 0 radical (unpaired) electrons. The lowest BCUT2D eigenvalue weighted by atomic mass is 10.0. The average Bonchev–Trinajstić information content (AvgIpc) is 2.87. The van der Waals surface area contributed by atoms with E-state index in [1.54, 1.807) is 13.2 Å². The molecule has 5 nitrogen and oxygen atoms in total. The van der Waals surface area contributed by atoms with Gasteiger partial charge in [0.1, 0.15) is 5.82 Å². The third kappa shape index (κ3) is 3.75. The first-order valence-corrected chi connectivity index (χ1v) is 6.70. The van der Waals surface area contributed by atoms with E-state index >= 15 is 0 Å². The van der Waals surface area contributed by atoms with Gasteiger partial charge in [0.05, 0.1) is 7.11 Å². The molecule has 1 aliphatic rings. The second-order valence-corrected chi connectivity index (χ2v) is 4.87. The summed E-state index contributed by atoms with van der Waals surface area (Å²) in [5.41, 5.74) is 5.60. The standard InChI is InChI=1S/C13H22N4O/c1-18-12-9-11(16-13(14)17-12)15-8-4-7-10-5-2-3-6-10/h9-10H,2-8H2,1H3,(H3,14,15,16,17). The summed E-state index contributed by atoms with van der Waals surface area (Å²) in [6, 6.07) is 1.77. The van der Waals surface area contributed by atoms with Crippen LogP contribution in [0, 0.1) is 5.92 Å². The van der Waals surface area contributed by atoms with Gasteiger partial charge in [0.15, 0.2) is 0 Å². The van der Waals surface area contributed by atoms with Gasteiger partial charge in [-0.25, -0.2) is 0 Å². The zero-order chi connectivity index (χ0) is 12.8.